The number of aliphatic hydroxyl groups is 1. The molecule has 192 valence electrons. The first kappa shape index (κ1) is 28.2. The predicted molar refractivity (Wildman–Crippen MR) is 129 cm³/mol. The maximum Gasteiger partial charge on any atom is 0.404 e. The van der Waals surface area contributed by atoms with Crippen LogP contribution >= 0.6 is 0 Å². The fourth-order valence-corrected chi connectivity index (χ4v) is 5.78. The van der Waals surface area contributed by atoms with Crippen molar-refractivity contribution in [1.29, 1.82) is 0 Å². The van der Waals surface area contributed by atoms with Gasteiger partial charge in [0.25, 0.3) is 0 Å². The summed E-state index contributed by atoms with van der Waals surface area (Å²) in [5, 5.41) is 33.4. The SMILES string of the molecule is CC(C)CN(C[C@@H](O)[C@H](Cc1ccccc1)NC(=O)O)S(=O)(=O)c1ccc(S(=O)(=O)/C=N/O)cc1. The summed E-state index contributed by atoms with van der Waals surface area (Å²) in [6.07, 6.45) is -2.59. The van der Waals surface area contributed by atoms with E-state index < -0.39 is 44.6 Å². The summed E-state index contributed by atoms with van der Waals surface area (Å²) in [6.45, 7) is 3.21. The number of nitrogens with one attached hydrogen (secondary N) is 1. The van der Waals surface area contributed by atoms with Crippen molar-refractivity contribution in [2.45, 2.75) is 42.2 Å². The second kappa shape index (κ2) is 12.1. The lowest BCUT2D eigenvalue weighted by Crippen LogP contribution is -2.50. The summed E-state index contributed by atoms with van der Waals surface area (Å²) in [5.41, 5.74) is 1.09. The molecule has 2 aromatic rings. The van der Waals surface area contributed by atoms with Crippen LogP contribution in [0.3, 0.4) is 0 Å². The Morgan fingerprint density at radius 1 is 1.00 bits per heavy atom. The van der Waals surface area contributed by atoms with Gasteiger partial charge in [-0.15, -0.1) is 0 Å². The number of rotatable bonds is 12. The normalized spacial score (nSPS) is 14.3. The molecule has 11 nitrogen and oxygen atoms in total. The van der Waals surface area contributed by atoms with Crippen LogP contribution in [0, 0.1) is 5.92 Å². The van der Waals surface area contributed by atoms with Crippen molar-refractivity contribution >= 4 is 31.5 Å². The number of amides is 1. The number of hydrogen-bond acceptors (Lipinski definition) is 8. The quantitative estimate of drug-likeness (QED) is 0.140. The van der Waals surface area contributed by atoms with E-state index in [0.717, 1.165) is 34.1 Å². The van der Waals surface area contributed by atoms with Crippen LogP contribution in [0.2, 0.25) is 0 Å². The van der Waals surface area contributed by atoms with E-state index in [1.54, 1.807) is 44.2 Å². The van der Waals surface area contributed by atoms with Gasteiger partial charge in [0.15, 0.2) is 5.55 Å². The van der Waals surface area contributed by atoms with Gasteiger partial charge in [0, 0.05) is 13.1 Å². The molecule has 0 bridgehead atoms. The maximum absolute atomic E-state index is 13.4. The Bertz CT molecular complexity index is 1220. The van der Waals surface area contributed by atoms with Crippen molar-refractivity contribution in [1.82, 2.24) is 9.62 Å². The van der Waals surface area contributed by atoms with E-state index in [-0.39, 0.29) is 28.7 Å². The number of sulfone groups is 1. The molecule has 2 atom stereocenters. The third kappa shape index (κ3) is 8.02. The number of hydrogen-bond donors (Lipinski definition) is 4. The smallest absolute Gasteiger partial charge is 0.404 e. The van der Waals surface area contributed by atoms with Crippen molar-refractivity contribution in [2.75, 3.05) is 13.1 Å². The van der Waals surface area contributed by atoms with E-state index in [2.05, 4.69) is 10.5 Å². The number of carbonyl (C=O) groups is 1. The molecule has 2 rings (SSSR count). The van der Waals surface area contributed by atoms with Crippen LogP contribution in [0.25, 0.3) is 0 Å². The highest BCUT2D eigenvalue weighted by Gasteiger charge is 2.31. The van der Waals surface area contributed by atoms with Crippen LogP contribution in [-0.4, -0.2) is 73.4 Å². The van der Waals surface area contributed by atoms with Gasteiger partial charge in [0.05, 0.1) is 21.9 Å². The Labute approximate surface area is 204 Å². The molecule has 0 aliphatic carbocycles. The Morgan fingerprint density at radius 3 is 2.09 bits per heavy atom. The molecule has 0 aliphatic heterocycles. The van der Waals surface area contributed by atoms with Crippen LogP contribution in [0.1, 0.15) is 19.4 Å². The number of oxime groups is 1. The Kier molecular flexibility index (Phi) is 9.77. The molecular weight excluding hydrogens is 498 g/mol. The fraction of sp³-hybridized carbons (Fsp3) is 0.364. The van der Waals surface area contributed by atoms with Gasteiger partial charge in [-0.05, 0) is 42.2 Å². The maximum atomic E-state index is 13.4. The standard InChI is InChI=1S/C22H29N3O8S2/c1-16(2)13-25(14-21(26)20(24-22(27)28)12-17-6-4-3-5-7-17)35(32,33)19-10-8-18(9-11-19)34(30,31)15-23-29/h3-11,15-16,20-21,24,26,29H,12-14H2,1-2H3,(H,27,28)/b23-15+/t20-,21+/m0/s1. The van der Waals surface area contributed by atoms with E-state index in [0.29, 0.717) is 5.55 Å². The number of carboxylic acid groups (broad SMARTS) is 1. The van der Waals surface area contributed by atoms with Crippen LogP contribution < -0.4 is 5.32 Å². The van der Waals surface area contributed by atoms with Gasteiger partial charge in [0.1, 0.15) is 0 Å². The first-order valence-electron chi connectivity index (χ1n) is 10.6. The molecule has 0 spiro atoms. The number of benzene rings is 2. The summed E-state index contributed by atoms with van der Waals surface area (Å²) in [7, 11) is -8.22. The zero-order valence-corrected chi connectivity index (χ0v) is 20.9. The molecule has 13 heteroatoms. The fourth-order valence-electron chi connectivity index (χ4n) is 3.40. The molecule has 4 N–H and O–H groups in total. The van der Waals surface area contributed by atoms with E-state index in [9.17, 15) is 31.8 Å². The van der Waals surface area contributed by atoms with E-state index >= 15 is 0 Å². The molecule has 0 saturated heterocycles. The van der Waals surface area contributed by atoms with Crippen molar-refractivity contribution in [2.24, 2.45) is 11.1 Å². The molecule has 0 radical (unpaired) electrons. The van der Waals surface area contributed by atoms with Crippen LogP contribution in [0.5, 0.6) is 0 Å². The van der Waals surface area contributed by atoms with Crippen LogP contribution in [-0.2, 0) is 26.3 Å². The van der Waals surface area contributed by atoms with E-state index in [1.807, 2.05) is 0 Å². The monoisotopic (exact) mass is 527 g/mol. The average molecular weight is 528 g/mol. The third-order valence-corrected chi connectivity index (χ3v) is 8.15. The van der Waals surface area contributed by atoms with Gasteiger partial charge < -0.3 is 20.7 Å². The van der Waals surface area contributed by atoms with Gasteiger partial charge >= 0.3 is 6.09 Å². The van der Waals surface area contributed by atoms with Gasteiger partial charge in [-0.25, -0.2) is 21.6 Å². The minimum atomic E-state index is -4.18. The highest BCUT2D eigenvalue weighted by Crippen LogP contribution is 2.21. The summed E-state index contributed by atoms with van der Waals surface area (Å²) in [4.78, 5) is 10.8. The second-order valence-electron chi connectivity index (χ2n) is 8.27. The lowest BCUT2D eigenvalue weighted by molar-refractivity contribution is 0.0980. The average Bonchev–Trinajstić information content (AvgIpc) is 2.78. The second-order valence-corrected chi connectivity index (χ2v) is 12.0. The van der Waals surface area contributed by atoms with Crippen LogP contribution in [0.4, 0.5) is 4.79 Å². The van der Waals surface area contributed by atoms with Gasteiger partial charge in [0.2, 0.25) is 19.9 Å². The zero-order valence-electron chi connectivity index (χ0n) is 19.2. The zero-order chi connectivity index (χ0) is 26.2. The van der Waals surface area contributed by atoms with E-state index in [4.69, 9.17) is 5.21 Å². The minimum absolute atomic E-state index is 0.0295. The topological polar surface area (TPSA) is 174 Å². The van der Waals surface area contributed by atoms with Crippen molar-refractivity contribution in [3.8, 4) is 0 Å². The Morgan fingerprint density at radius 2 is 1.57 bits per heavy atom. The number of nitrogens with zero attached hydrogens (tertiary/aromatic N) is 2. The lowest BCUT2D eigenvalue weighted by atomic mass is 10.0. The molecule has 0 heterocycles. The predicted octanol–water partition coefficient (Wildman–Crippen LogP) is 1.76. The number of aliphatic hydroxyl groups excluding tert-OH is 1. The minimum Gasteiger partial charge on any atom is -0.465 e. The molecule has 0 unspecified atom stereocenters. The van der Waals surface area contributed by atoms with Crippen molar-refractivity contribution in [3.05, 3.63) is 60.2 Å². The molecule has 1 amide bonds. The highest BCUT2D eigenvalue weighted by molar-refractivity contribution is 8.04. The lowest BCUT2D eigenvalue weighted by Gasteiger charge is -2.30. The number of sulfonamides is 1. The summed E-state index contributed by atoms with van der Waals surface area (Å²) in [6, 6.07) is 12.2. The Hall–Kier alpha value is -3.00. The van der Waals surface area contributed by atoms with Gasteiger partial charge in [-0.3, -0.25) is 0 Å². The molecular formula is C22H29N3O8S2. The third-order valence-electron chi connectivity index (χ3n) is 5.01. The van der Waals surface area contributed by atoms with Crippen molar-refractivity contribution in [3.63, 3.8) is 0 Å². The van der Waals surface area contributed by atoms with E-state index in [1.165, 1.54) is 0 Å². The molecule has 35 heavy (non-hydrogen) atoms. The molecule has 0 saturated carbocycles. The Balaban J connectivity index is 2.34. The summed E-state index contributed by atoms with van der Waals surface area (Å²) in [5.74, 6) is -0.127. The first-order chi connectivity index (χ1) is 16.4. The van der Waals surface area contributed by atoms with Gasteiger partial charge in [-0.1, -0.05) is 49.3 Å². The highest BCUT2D eigenvalue weighted by atomic mass is 32.2. The molecule has 0 aliphatic rings. The molecule has 2 aromatic carbocycles. The van der Waals surface area contributed by atoms with Crippen molar-refractivity contribution < 1.29 is 37.1 Å². The summed E-state index contributed by atoms with van der Waals surface area (Å²) < 4.78 is 51.7. The first-order valence-corrected chi connectivity index (χ1v) is 13.6. The van der Waals surface area contributed by atoms with Gasteiger partial charge in [-0.2, -0.15) is 4.31 Å². The molecule has 0 aromatic heterocycles. The molecule has 0 fully saturated rings. The van der Waals surface area contributed by atoms with Crippen LogP contribution in [0.15, 0.2) is 69.5 Å². The largest absolute Gasteiger partial charge is 0.465 e. The summed E-state index contributed by atoms with van der Waals surface area (Å²) >= 11 is 0.